The Bertz CT molecular complexity index is 361. The molecule has 1 heterocycles. The van der Waals surface area contributed by atoms with E-state index >= 15 is 0 Å². The van der Waals surface area contributed by atoms with Crippen LogP contribution < -0.4 is 11.3 Å². The first-order valence-electron chi connectivity index (χ1n) is 6.34. The van der Waals surface area contributed by atoms with E-state index in [0.717, 1.165) is 18.7 Å². The molecule has 0 saturated heterocycles. The molecule has 2 rings (SSSR count). The Kier molecular flexibility index (Phi) is 4.64. The van der Waals surface area contributed by atoms with Crippen LogP contribution in [0.3, 0.4) is 0 Å². The van der Waals surface area contributed by atoms with Gasteiger partial charge < -0.3 is 0 Å². The zero-order chi connectivity index (χ0) is 11.9. The van der Waals surface area contributed by atoms with Gasteiger partial charge in [-0.3, -0.25) is 5.84 Å². The Labute approximate surface area is 102 Å². The van der Waals surface area contributed by atoms with Crippen LogP contribution in [-0.2, 0) is 0 Å². The van der Waals surface area contributed by atoms with Crippen molar-refractivity contribution in [2.45, 2.75) is 44.6 Å². The molecule has 1 aliphatic carbocycles. The van der Waals surface area contributed by atoms with Crippen molar-refractivity contribution < 1.29 is 0 Å². The van der Waals surface area contributed by atoms with E-state index in [4.69, 9.17) is 5.84 Å². The lowest BCUT2D eigenvalue weighted by molar-refractivity contribution is 0.537. The molecule has 1 aromatic rings. The Balaban J connectivity index is 2.16. The van der Waals surface area contributed by atoms with Gasteiger partial charge in [-0.05, 0) is 37.3 Å². The highest BCUT2D eigenvalue weighted by Crippen LogP contribution is 2.26. The molecule has 1 aromatic heterocycles. The highest BCUT2D eigenvalue weighted by molar-refractivity contribution is 5.17. The van der Waals surface area contributed by atoms with Crippen LogP contribution in [0.1, 0.15) is 50.4 Å². The van der Waals surface area contributed by atoms with Crippen LogP contribution in [0.2, 0.25) is 0 Å². The van der Waals surface area contributed by atoms with Crippen LogP contribution in [0.5, 0.6) is 0 Å². The molecule has 17 heavy (non-hydrogen) atoms. The number of hydrogen-bond acceptors (Lipinski definition) is 4. The fourth-order valence-corrected chi connectivity index (χ4v) is 2.29. The lowest BCUT2D eigenvalue weighted by Crippen LogP contribution is -2.31. The van der Waals surface area contributed by atoms with E-state index < -0.39 is 0 Å². The fourth-order valence-electron chi connectivity index (χ4n) is 2.29. The average Bonchev–Trinajstić information content (AvgIpc) is 2.34. The highest BCUT2D eigenvalue weighted by atomic mass is 15.2. The fraction of sp³-hybridized carbons (Fsp3) is 0.538. The van der Waals surface area contributed by atoms with Crippen LogP contribution in [-0.4, -0.2) is 9.97 Å². The third-order valence-electron chi connectivity index (χ3n) is 3.21. The molecule has 4 nitrogen and oxygen atoms in total. The van der Waals surface area contributed by atoms with Crippen molar-refractivity contribution in [3.05, 3.63) is 35.9 Å². The van der Waals surface area contributed by atoms with E-state index in [9.17, 15) is 0 Å². The van der Waals surface area contributed by atoms with Gasteiger partial charge in [0.05, 0.1) is 0 Å². The van der Waals surface area contributed by atoms with Gasteiger partial charge in [0.25, 0.3) is 0 Å². The van der Waals surface area contributed by atoms with Gasteiger partial charge in [-0.15, -0.1) is 0 Å². The molecule has 1 unspecified atom stereocenters. The van der Waals surface area contributed by atoms with Gasteiger partial charge in [0.2, 0.25) is 0 Å². The smallest absolute Gasteiger partial charge is 0.150 e. The minimum Gasteiger partial charge on any atom is -0.270 e. The van der Waals surface area contributed by atoms with Crippen molar-refractivity contribution in [1.82, 2.24) is 15.4 Å². The number of nitrogens with one attached hydrogen (secondary N) is 1. The van der Waals surface area contributed by atoms with Crippen LogP contribution in [0.4, 0.5) is 0 Å². The predicted molar refractivity (Wildman–Crippen MR) is 67.9 cm³/mol. The predicted octanol–water partition coefficient (Wildman–Crippen LogP) is 2.26. The minimum atomic E-state index is -0.0331. The molecule has 0 fully saturated rings. The van der Waals surface area contributed by atoms with Crippen LogP contribution in [0, 0.1) is 0 Å². The maximum absolute atomic E-state index is 5.65. The summed E-state index contributed by atoms with van der Waals surface area (Å²) in [5, 5.41) is 0. The largest absolute Gasteiger partial charge is 0.270 e. The molecule has 0 bridgehead atoms. The summed E-state index contributed by atoms with van der Waals surface area (Å²) in [4.78, 5) is 8.57. The molecule has 1 aliphatic rings. The lowest BCUT2D eigenvalue weighted by Gasteiger charge is -2.20. The maximum Gasteiger partial charge on any atom is 0.150 e. The van der Waals surface area contributed by atoms with E-state index in [-0.39, 0.29) is 6.04 Å². The topological polar surface area (TPSA) is 63.8 Å². The Hall–Kier alpha value is -1.26. The summed E-state index contributed by atoms with van der Waals surface area (Å²) in [6.45, 7) is 0. The first-order chi connectivity index (χ1) is 8.42. The molecule has 92 valence electrons. The number of hydrazine groups is 1. The molecule has 0 spiro atoms. The molecular weight excluding hydrogens is 212 g/mol. The van der Waals surface area contributed by atoms with Crippen molar-refractivity contribution in [2.24, 2.45) is 5.84 Å². The Morgan fingerprint density at radius 1 is 1.12 bits per heavy atom. The van der Waals surface area contributed by atoms with Crippen LogP contribution >= 0.6 is 0 Å². The number of nitrogens with zero attached hydrogens (tertiary/aromatic N) is 2. The molecule has 4 heteroatoms. The van der Waals surface area contributed by atoms with E-state index in [1.54, 1.807) is 12.4 Å². The second kappa shape index (κ2) is 6.47. The van der Waals surface area contributed by atoms with Crippen molar-refractivity contribution in [3.8, 4) is 0 Å². The average molecular weight is 232 g/mol. The summed E-state index contributed by atoms with van der Waals surface area (Å²) >= 11 is 0. The van der Waals surface area contributed by atoms with Crippen molar-refractivity contribution in [1.29, 1.82) is 0 Å². The van der Waals surface area contributed by atoms with Crippen LogP contribution in [0.25, 0.3) is 0 Å². The molecule has 0 radical (unpaired) electrons. The number of hydrogen-bond donors (Lipinski definition) is 2. The summed E-state index contributed by atoms with van der Waals surface area (Å²) in [5.41, 5.74) is 4.17. The summed E-state index contributed by atoms with van der Waals surface area (Å²) in [6, 6.07) is 1.79. The van der Waals surface area contributed by atoms with Crippen LogP contribution in [0.15, 0.2) is 30.1 Å². The highest BCUT2D eigenvalue weighted by Gasteiger charge is 2.17. The molecule has 0 aromatic carbocycles. The van der Waals surface area contributed by atoms with Crippen molar-refractivity contribution in [2.75, 3.05) is 0 Å². The molecular formula is C13H20N4. The summed E-state index contributed by atoms with van der Waals surface area (Å²) < 4.78 is 0. The zero-order valence-corrected chi connectivity index (χ0v) is 10.1. The van der Waals surface area contributed by atoms with Gasteiger partial charge in [-0.1, -0.05) is 18.9 Å². The first-order valence-corrected chi connectivity index (χ1v) is 6.34. The number of nitrogens with two attached hydrogens (primary N) is 1. The molecule has 0 saturated carbocycles. The second-order valence-corrected chi connectivity index (χ2v) is 4.44. The summed E-state index contributed by atoms with van der Waals surface area (Å²) in [7, 11) is 0. The van der Waals surface area contributed by atoms with E-state index in [0.29, 0.717) is 0 Å². The monoisotopic (exact) mass is 232 g/mol. The third kappa shape index (κ3) is 3.35. The Morgan fingerprint density at radius 3 is 2.65 bits per heavy atom. The van der Waals surface area contributed by atoms with E-state index in [2.05, 4.69) is 21.5 Å². The molecule has 3 N–H and O–H groups in total. The summed E-state index contributed by atoms with van der Waals surface area (Å²) in [6.07, 6.45) is 13.2. The lowest BCUT2D eigenvalue weighted by atomic mass is 9.95. The quantitative estimate of drug-likeness (QED) is 0.476. The van der Waals surface area contributed by atoms with E-state index in [1.807, 2.05) is 6.07 Å². The van der Waals surface area contributed by atoms with Gasteiger partial charge in [-0.25, -0.2) is 15.4 Å². The third-order valence-corrected chi connectivity index (χ3v) is 3.21. The second-order valence-electron chi connectivity index (χ2n) is 4.44. The van der Waals surface area contributed by atoms with Gasteiger partial charge in [0.1, 0.15) is 6.04 Å². The molecule has 0 amide bonds. The number of aromatic nitrogens is 2. The van der Waals surface area contributed by atoms with E-state index in [1.165, 1.54) is 31.3 Å². The van der Waals surface area contributed by atoms with Gasteiger partial charge in [-0.2, -0.15) is 0 Å². The van der Waals surface area contributed by atoms with Crippen molar-refractivity contribution in [3.63, 3.8) is 0 Å². The van der Waals surface area contributed by atoms with Gasteiger partial charge in [0.15, 0.2) is 5.82 Å². The Morgan fingerprint density at radius 2 is 1.88 bits per heavy atom. The maximum atomic E-state index is 5.65. The number of rotatable bonds is 3. The SMILES string of the molecule is NNC(/C1=C/CCCCCC1)c1ncccn1. The minimum absolute atomic E-state index is 0.0331. The zero-order valence-electron chi connectivity index (χ0n) is 10.1. The standard InChI is InChI=1S/C13H20N4/c14-17-12(13-15-9-6-10-16-13)11-7-4-2-1-3-5-8-11/h6-7,9-10,12,17H,1-5,8,14H2/b11-7+. The normalized spacial score (nSPS) is 22.1. The summed E-state index contributed by atoms with van der Waals surface area (Å²) in [5.74, 6) is 6.42. The first kappa shape index (κ1) is 12.2. The number of allylic oxidation sites excluding steroid dienone is 1. The van der Waals surface area contributed by atoms with Crippen molar-refractivity contribution >= 4 is 0 Å². The van der Waals surface area contributed by atoms with Gasteiger partial charge in [0, 0.05) is 12.4 Å². The molecule has 1 atom stereocenters. The van der Waals surface area contributed by atoms with Gasteiger partial charge >= 0.3 is 0 Å². The molecule has 0 aliphatic heterocycles.